The Hall–Kier alpha value is -9.34. The van der Waals surface area contributed by atoms with Crippen molar-refractivity contribution in [1.82, 2.24) is 36.4 Å². The van der Waals surface area contributed by atoms with Crippen LogP contribution in [0.1, 0.15) is 151 Å². The zero-order chi connectivity index (χ0) is 90.8. The molecule has 4 aromatic rings. The van der Waals surface area contributed by atoms with Crippen LogP contribution in [0.3, 0.4) is 0 Å². The van der Waals surface area contributed by atoms with E-state index in [0.717, 1.165) is 18.1 Å². The summed E-state index contributed by atoms with van der Waals surface area (Å²) in [6, 6.07) is 16.3. The molecule has 684 valence electrons. The molecule has 2 heterocycles. The predicted octanol–water partition coefficient (Wildman–Crippen LogP) is 10.4. The lowest BCUT2D eigenvalue weighted by atomic mass is 9.42. The zero-order valence-electron chi connectivity index (χ0n) is 72.3. The highest BCUT2D eigenvalue weighted by atomic mass is 35.5. The molecule has 35 heteroatoms. The minimum Gasteiger partial charge on any atom is -0.495 e. The fourth-order valence-electron chi connectivity index (χ4n) is 19.7. The molecule has 0 bridgehead atoms. The van der Waals surface area contributed by atoms with Crippen LogP contribution in [0.4, 0.5) is 34.5 Å². The number of nitrogens with two attached hydrogens (primary N) is 1. The second kappa shape index (κ2) is 43.6. The summed E-state index contributed by atoms with van der Waals surface area (Å²) in [6.45, 7) is 12.1. The Bertz CT molecular complexity index is 4710. The highest BCUT2D eigenvalue weighted by molar-refractivity contribution is 7.98. The molecule has 30 nitrogen and oxygen atoms in total. The Labute approximate surface area is 747 Å². The van der Waals surface area contributed by atoms with Crippen molar-refractivity contribution in [2.24, 2.45) is 45.7 Å². The number of fused-ring (bicyclic) bond motifs is 5. The topological polar surface area (TPSA) is 416 Å². The number of ether oxygens (including phenoxy) is 7. The minimum absolute atomic E-state index is 0.0124. The molecule has 11 rings (SSSR count). The van der Waals surface area contributed by atoms with Gasteiger partial charge in [0.05, 0.1) is 93.8 Å². The van der Waals surface area contributed by atoms with Crippen molar-refractivity contribution < 1.29 is 100 Å². The number of nitrogens with zero attached hydrogens (tertiary/aromatic N) is 3. The maximum absolute atomic E-state index is 16.3. The number of carbonyl (C=O) groups excluding carboxylic acids is 10. The summed E-state index contributed by atoms with van der Waals surface area (Å²) in [5.41, 5.74) is 2.03. The van der Waals surface area contributed by atoms with Gasteiger partial charge in [0.15, 0.2) is 11.6 Å². The molecule has 0 aromatic heterocycles. The number of allylic oxidation sites excluding steroid dienone is 4. The number of primary amides is 1. The number of thioether (sulfide) groups is 1. The summed E-state index contributed by atoms with van der Waals surface area (Å²) < 4.78 is 72.3. The van der Waals surface area contributed by atoms with Crippen molar-refractivity contribution in [3.63, 3.8) is 0 Å². The van der Waals surface area contributed by atoms with E-state index in [-0.39, 0.29) is 211 Å². The number of nitriles is 1. The first-order valence-electron chi connectivity index (χ1n) is 43.1. The van der Waals surface area contributed by atoms with Crippen LogP contribution in [0.2, 0.25) is 10.0 Å². The average Bonchev–Trinajstić information content (AvgIpc) is 1.43. The third-order valence-electron chi connectivity index (χ3n) is 26.1. The van der Waals surface area contributed by atoms with Gasteiger partial charge in [0.2, 0.25) is 23.6 Å². The first kappa shape index (κ1) is 97.3. The Balaban J connectivity index is 0.545. The predicted molar refractivity (Wildman–Crippen MR) is 467 cm³/mol. The molecule has 0 unspecified atom stereocenters. The number of aliphatic hydroxyl groups excluding tert-OH is 1. The van der Waals surface area contributed by atoms with Gasteiger partial charge in [0.1, 0.15) is 53.7 Å². The molecule has 2 aliphatic heterocycles. The van der Waals surface area contributed by atoms with E-state index in [1.807, 2.05) is 40.0 Å². The number of methoxy groups -OCH3 is 1. The van der Waals surface area contributed by atoms with Gasteiger partial charge in [-0.3, -0.25) is 33.6 Å². The number of ketones is 2. The second-order valence-electron chi connectivity index (χ2n) is 35.1. The first-order chi connectivity index (χ1) is 60.2. The normalized spacial score (nSPS) is 26.1. The third-order valence-corrected chi connectivity index (χ3v) is 27.3. The Morgan fingerprint density at radius 1 is 0.778 bits per heavy atom. The SMILES string of the molecule is COc1cc(C(=O)NCCOCCOCCOCCOCCC(=O)N[C@@H](CCSC)C(=O)N[C@@H](CCCNC(N)=O)C(=O)Nc2ccc(COC(=O)N3CCN(C(=O)O[C@H]4CC[C@@]5(C)[C@H](CC[C@@H]6[C@@H]5[C@H](O)C(=O)[C@]5(C)[C@@H](C7=CCC(=O)C=C7)CC[C@]65O)C4)CC3)cc2)ccc1NC(=O)[C@@H]1N[C@@H](CC(C)(C)C)[C@](C#N)(c2ccc(Cl)cc2F)[C@H]1c1cccc(Cl)c1F. The summed E-state index contributed by atoms with van der Waals surface area (Å²) in [4.78, 5) is 137. The summed E-state index contributed by atoms with van der Waals surface area (Å²) >= 11 is 14.0. The molecule has 2 saturated heterocycles. The molecular formula is C91H117Cl2F2N11O19S. The number of hydrogen-bond donors (Lipinski definition) is 10. The molecule has 15 atom stereocenters. The van der Waals surface area contributed by atoms with Gasteiger partial charge in [-0.2, -0.15) is 17.0 Å². The van der Waals surface area contributed by atoms with Gasteiger partial charge in [-0.1, -0.05) is 93.4 Å². The summed E-state index contributed by atoms with van der Waals surface area (Å²) in [7, 11) is 1.36. The van der Waals surface area contributed by atoms with Gasteiger partial charge in [-0.15, -0.1) is 0 Å². The smallest absolute Gasteiger partial charge is 0.410 e. The summed E-state index contributed by atoms with van der Waals surface area (Å²) in [5.74, 6) is -6.54. The number of urea groups is 1. The molecule has 0 radical (unpaired) electrons. The molecule has 7 aliphatic rings. The number of rotatable bonds is 38. The quantitative estimate of drug-likeness (QED) is 0.0186. The van der Waals surface area contributed by atoms with E-state index in [2.05, 4.69) is 50.2 Å². The third kappa shape index (κ3) is 22.8. The van der Waals surface area contributed by atoms with Gasteiger partial charge < -0.3 is 96.1 Å². The summed E-state index contributed by atoms with van der Waals surface area (Å²) in [5, 5.41) is 55.5. The monoisotopic (exact) mass is 1810 g/mol. The number of amides is 9. The average molecular weight is 1810 g/mol. The standard InChI is InChI=1S/C91H117Cl2F2N11O19S/c1-87(2,3)51-72-90(53-96,64-25-19-58(92)50-67(64)94)74(62-10-8-11-66(93)76(62)95)77(104-72)83(114)102-68-26-17-56(48-71(68)119-6)80(111)98-34-40-121-42-44-123-46-45-122-43-41-120-39-29-73(108)101-70(30-47-126-7)82(113)103-69(12-9-33-99-84(97)115)81(112)100-59-20-13-54(14-21-59)52-124-85(116)105-35-37-106(38-36-105)86(117)125-61-27-31-88(4)57(49-61)18-24-65-75(88)78(109)79(110)89(5)63(28-32-91(65,89)118)55-15-22-60(107)23-16-55/h8,10-11,13-17,19-22,25-26,48,50,57,61,63,65,69-70,72,74-75,77-78,104,109,118H,9,12,18,23-24,27-47,49,51-52H2,1-7H3,(H,98,111)(H,100,112)(H,101,108)(H,102,114)(H,103,113)(H3,97,99,115)/t57-,61+,63-,65-,69+,70+,72+,74+,75-,77-,78+,88+,89+,90+,91+/m1/s1. The van der Waals surface area contributed by atoms with Gasteiger partial charge in [0, 0.05) is 91.8 Å². The fraction of sp³-hybridized carbons (Fsp3) is 0.571. The number of nitrogens with one attached hydrogen (secondary N) is 7. The van der Waals surface area contributed by atoms with E-state index < -0.39 is 129 Å². The van der Waals surface area contributed by atoms with Crippen LogP contribution in [0.15, 0.2) is 103 Å². The van der Waals surface area contributed by atoms with Crippen molar-refractivity contribution in [3.8, 4) is 11.8 Å². The van der Waals surface area contributed by atoms with Crippen LogP contribution in [-0.2, 0) is 69.2 Å². The second-order valence-corrected chi connectivity index (χ2v) is 36.9. The molecule has 5 aliphatic carbocycles. The molecule has 0 spiro atoms. The Morgan fingerprint density at radius 3 is 2.11 bits per heavy atom. The molecule has 6 fully saturated rings. The number of benzene rings is 4. The summed E-state index contributed by atoms with van der Waals surface area (Å²) in [6.07, 6.45) is 9.38. The number of Topliss-reactive ketones (excluding diaryl/α,β-unsaturated/α-hetero) is 1. The lowest BCUT2D eigenvalue weighted by Gasteiger charge is -2.64. The highest BCUT2D eigenvalue weighted by Gasteiger charge is 2.74. The molecule has 126 heavy (non-hydrogen) atoms. The number of halogens is 4. The first-order valence-corrected chi connectivity index (χ1v) is 45.2. The van der Waals surface area contributed by atoms with Crippen LogP contribution in [-0.4, -0.2) is 233 Å². The van der Waals surface area contributed by atoms with Crippen LogP contribution < -0.4 is 47.7 Å². The van der Waals surface area contributed by atoms with E-state index in [0.29, 0.717) is 55.5 Å². The van der Waals surface area contributed by atoms with Crippen LogP contribution in [0, 0.1) is 62.9 Å². The van der Waals surface area contributed by atoms with E-state index in [4.69, 9.17) is 62.1 Å². The maximum atomic E-state index is 16.3. The minimum atomic E-state index is -1.85. The molecule has 9 amide bonds. The van der Waals surface area contributed by atoms with Crippen molar-refractivity contribution in [2.45, 2.75) is 178 Å². The Morgan fingerprint density at radius 2 is 1.46 bits per heavy atom. The van der Waals surface area contributed by atoms with Crippen LogP contribution in [0.25, 0.3) is 0 Å². The van der Waals surface area contributed by atoms with E-state index in [1.165, 1.54) is 78.4 Å². The Kier molecular flexibility index (Phi) is 33.7. The molecular weight excluding hydrogens is 1690 g/mol. The van der Waals surface area contributed by atoms with Gasteiger partial charge in [-0.05, 0) is 189 Å². The van der Waals surface area contributed by atoms with E-state index in [9.17, 15) is 63.4 Å². The number of hydrogen-bond acceptors (Lipinski definition) is 22. The molecule has 4 saturated carbocycles. The van der Waals surface area contributed by atoms with Crippen molar-refractivity contribution in [2.75, 3.05) is 122 Å². The lowest BCUT2D eigenvalue weighted by molar-refractivity contribution is -0.230. The molecule has 4 aromatic carbocycles. The number of anilines is 2. The number of aliphatic hydroxyl groups is 2. The van der Waals surface area contributed by atoms with Gasteiger partial charge >= 0.3 is 18.2 Å². The van der Waals surface area contributed by atoms with Crippen molar-refractivity contribution >= 4 is 106 Å². The van der Waals surface area contributed by atoms with Crippen LogP contribution >= 0.6 is 35.0 Å². The van der Waals surface area contributed by atoms with Crippen molar-refractivity contribution in [1.29, 1.82) is 5.26 Å². The molecule has 11 N–H and O–H groups in total. The number of carbonyl (C=O) groups is 10. The maximum Gasteiger partial charge on any atom is 0.410 e. The fourth-order valence-corrected chi connectivity index (χ4v) is 20.5. The van der Waals surface area contributed by atoms with Crippen molar-refractivity contribution in [3.05, 3.63) is 147 Å². The largest absolute Gasteiger partial charge is 0.495 e. The number of piperazine rings is 1. The highest BCUT2D eigenvalue weighted by Crippen LogP contribution is 2.69. The zero-order valence-corrected chi connectivity index (χ0v) is 74.6. The van der Waals surface area contributed by atoms with E-state index >= 15 is 8.78 Å². The van der Waals surface area contributed by atoms with Gasteiger partial charge in [0.25, 0.3) is 5.91 Å². The van der Waals surface area contributed by atoms with Crippen LogP contribution in [0.5, 0.6) is 5.75 Å². The van der Waals surface area contributed by atoms with E-state index in [1.54, 1.807) is 35.2 Å². The van der Waals surface area contributed by atoms with Gasteiger partial charge in [-0.25, -0.2) is 23.2 Å². The lowest BCUT2D eigenvalue weighted by Crippen LogP contribution is -2.70.